The Labute approximate surface area is 309 Å². The van der Waals surface area contributed by atoms with Crippen LogP contribution in [0.5, 0.6) is 0 Å². The number of carboxylic acid groups (broad SMARTS) is 1. The number of ether oxygens (including phenoxy) is 1. The van der Waals surface area contributed by atoms with E-state index in [1.54, 1.807) is 11.4 Å². The van der Waals surface area contributed by atoms with Crippen molar-refractivity contribution in [2.45, 2.75) is 17.7 Å². The van der Waals surface area contributed by atoms with Gasteiger partial charge >= 0.3 is 11.9 Å². The zero-order chi connectivity index (χ0) is 36.5. The fourth-order valence-electron chi connectivity index (χ4n) is 6.10. The van der Waals surface area contributed by atoms with Crippen molar-refractivity contribution >= 4 is 34.1 Å². The number of aromatic nitrogens is 1. The fraction of sp³-hybridized carbons (Fsp3) is 0.0698. The van der Waals surface area contributed by atoms with Gasteiger partial charge in [-0.25, -0.2) is 14.6 Å². The number of hydrogen-bond donors (Lipinski definition) is 2. The summed E-state index contributed by atoms with van der Waals surface area (Å²) in [5.74, 6) is -2.15. The first-order valence-electron chi connectivity index (χ1n) is 16.7. The zero-order valence-corrected chi connectivity index (χ0v) is 29.0. The molecule has 7 aromatic rings. The molecule has 1 unspecified atom stereocenters. The molecule has 53 heavy (non-hydrogen) atoms. The number of aliphatic carboxylic acids is 1. The smallest absolute Gasteiger partial charge is 0.360 e. The van der Waals surface area contributed by atoms with Gasteiger partial charge in [0.15, 0.2) is 17.0 Å². The number of nitrogens with zero attached hydrogens (tertiary/aromatic N) is 2. The maximum Gasteiger partial charge on any atom is 0.360 e. The number of carbonyl (C=O) groups is 2. The molecule has 0 amide bonds. The van der Waals surface area contributed by atoms with E-state index in [0.29, 0.717) is 5.13 Å². The normalized spacial score (nSPS) is 12.2. The van der Waals surface area contributed by atoms with Gasteiger partial charge in [0, 0.05) is 5.38 Å². The van der Waals surface area contributed by atoms with E-state index in [-0.39, 0.29) is 11.5 Å². The Bertz CT molecular complexity index is 2130. The molecule has 0 aliphatic heterocycles. The number of esters is 1. The first kappa shape index (κ1) is 34.7. The number of carboxylic acids is 1. The van der Waals surface area contributed by atoms with Crippen LogP contribution in [0, 0.1) is 0 Å². The van der Waals surface area contributed by atoms with E-state index < -0.39 is 35.4 Å². The Morgan fingerprint density at radius 3 is 1.64 bits per heavy atom. The number of nitrogens with one attached hydrogen (secondary N) is 1. The van der Waals surface area contributed by atoms with Crippen LogP contribution in [-0.4, -0.2) is 27.7 Å². The van der Waals surface area contributed by atoms with Gasteiger partial charge in [-0.3, -0.25) is 0 Å². The lowest BCUT2D eigenvalue weighted by atomic mass is 9.77. The Hall–Kier alpha value is -6.78. The summed E-state index contributed by atoms with van der Waals surface area (Å²) in [6.07, 6.45) is -0.920. The van der Waals surface area contributed by atoms with Gasteiger partial charge in [0.2, 0.25) is 5.71 Å². The third-order valence-corrected chi connectivity index (χ3v) is 9.33. The van der Waals surface area contributed by atoms with Gasteiger partial charge in [0.05, 0.1) is 6.26 Å². The van der Waals surface area contributed by atoms with Crippen LogP contribution in [0.2, 0.25) is 0 Å². The molecule has 9 nitrogen and oxygen atoms in total. The van der Waals surface area contributed by atoms with Crippen molar-refractivity contribution in [2.24, 2.45) is 5.16 Å². The summed E-state index contributed by atoms with van der Waals surface area (Å²) in [6, 6.07) is 51.6. The Morgan fingerprint density at radius 2 is 1.19 bits per heavy atom. The number of anilines is 1. The highest BCUT2D eigenvalue weighted by atomic mass is 32.1. The average Bonchev–Trinajstić information content (AvgIpc) is 3.92. The predicted molar refractivity (Wildman–Crippen MR) is 202 cm³/mol. The molecular formula is C43H33N3O6S. The average molecular weight is 720 g/mol. The molecule has 0 radical (unpaired) electrons. The molecule has 0 spiro atoms. The number of oxime groups is 1. The van der Waals surface area contributed by atoms with Gasteiger partial charge in [0.1, 0.15) is 11.2 Å². The van der Waals surface area contributed by atoms with E-state index in [9.17, 15) is 14.7 Å². The van der Waals surface area contributed by atoms with Gasteiger partial charge in [-0.2, -0.15) is 0 Å². The molecule has 0 fully saturated rings. The van der Waals surface area contributed by atoms with Gasteiger partial charge < -0.3 is 24.4 Å². The Balaban J connectivity index is 1.21. The predicted octanol–water partition coefficient (Wildman–Crippen LogP) is 9.02. The molecule has 2 heterocycles. The second kappa shape index (κ2) is 16.1. The van der Waals surface area contributed by atoms with E-state index in [1.807, 2.05) is 152 Å². The van der Waals surface area contributed by atoms with Crippen LogP contribution >= 0.6 is 11.3 Å². The highest BCUT2D eigenvalue weighted by Crippen LogP contribution is 2.40. The fourth-order valence-corrected chi connectivity index (χ4v) is 6.85. The highest BCUT2D eigenvalue weighted by molar-refractivity contribution is 7.14. The lowest BCUT2D eigenvalue weighted by Crippen LogP contribution is -2.38. The molecular weight excluding hydrogens is 687 g/mol. The molecule has 7 rings (SSSR count). The summed E-state index contributed by atoms with van der Waals surface area (Å²) in [5, 5.41) is 20.0. The number of benzene rings is 5. The first-order valence-corrected chi connectivity index (χ1v) is 17.6. The second-order valence-corrected chi connectivity index (χ2v) is 12.8. The van der Waals surface area contributed by atoms with Crippen molar-refractivity contribution in [1.82, 2.24) is 4.98 Å². The first-order chi connectivity index (χ1) is 26.0. The Morgan fingerprint density at radius 1 is 0.698 bits per heavy atom. The van der Waals surface area contributed by atoms with Gasteiger partial charge in [-0.15, -0.1) is 11.3 Å². The van der Waals surface area contributed by atoms with Crippen molar-refractivity contribution < 1.29 is 28.7 Å². The van der Waals surface area contributed by atoms with Crippen LogP contribution in [-0.2, 0) is 24.7 Å². The van der Waals surface area contributed by atoms with Gasteiger partial charge in [0.25, 0.3) is 6.10 Å². The van der Waals surface area contributed by atoms with E-state index >= 15 is 0 Å². The number of hydrogen-bond acceptors (Lipinski definition) is 9. The second-order valence-electron chi connectivity index (χ2n) is 11.9. The molecule has 0 aliphatic rings. The summed E-state index contributed by atoms with van der Waals surface area (Å²) >= 11 is 1.22. The summed E-state index contributed by atoms with van der Waals surface area (Å²) in [4.78, 5) is 36.9. The molecule has 0 bridgehead atoms. The number of furan rings is 1. The Kier molecular flexibility index (Phi) is 10.5. The van der Waals surface area contributed by atoms with E-state index in [4.69, 9.17) is 14.0 Å². The van der Waals surface area contributed by atoms with Gasteiger partial charge in [-0.1, -0.05) is 157 Å². The molecule has 0 saturated carbocycles. The molecule has 0 saturated heterocycles. The van der Waals surface area contributed by atoms with Gasteiger partial charge in [-0.05, 0) is 39.9 Å². The van der Waals surface area contributed by atoms with Crippen LogP contribution in [0.25, 0.3) is 0 Å². The van der Waals surface area contributed by atoms with Crippen molar-refractivity contribution in [3.05, 3.63) is 215 Å². The zero-order valence-electron chi connectivity index (χ0n) is 28.2. The van der Waals surface area contributed by atoms with Crippen molar-refractivity contribution in [2.75, 3.05) is 5.32 Å². The van der Waals surface area contributed by atoms with Crippen LogP contribution < -0.4 is 5.32 Å². The van der Waals surface area contributed by atoms with Crippen LogP contribution in [0.4, 0.5) is 5.13 Å². The maximum absolute atomic E-state index is 13.8. The minimum absolute atomic E-state index is 0.0334. The van der Waals surface area contributed by atoms with E-state index in [1.165, 1.54) is 23.7 Å². The summed E-state index contributed by atoms with van der Waals surface area (Å²) in [5.41, 5.74) is 2.96. The van der Waals surface area contributed by atoms with Crippen molar-refractivity contribution in [1.29, 1.82) is 0 Å². The maximum atomic E-state index is 13.8. The third kappa shape index (κ3) is 7.63. The van der Waals surface area contributed by atoms with Crippen molar-refractivity contribution in [3.63, 3.8) is 0 Å². The summed E-state index contributed by atoms with van der Waals surface area (Å²) in [7, 11) is 0. The number of carbonyl (C=O) groups excluding carboxylic acids is 1. The summed E-state index contributed by atoms with van der Waals surface area (Å²) < 4.78 is 11.6. The minimum Gasteiger partial charge on any atom is -0.476 e. The number of rotatable bonds is 14. The monoisotopic (exact) mass is 719 g/mol. The van der Waals surface area contributed by atoms with Crippen molar-refractivity contribution in [3.8, 4) is 0 Å². The van der Waals surface area contributed by atoms with E-state index in [0.717, 1.165) is 27.8 Å². The van der Waals surface area contributed by atoms with Crippen LogP contribution in [0.15, 0.2) is 185 Å². The molecule has 262 valence electrons. The highest BCUT2D eigenvalue weighted by Gasteiger charge is 2.38. The molecule has 1 atom stereocenters. The molecule has 5 aromatic carbocycles. The summed E-state index contributed by atoms with van der Waals surface area (Å²) in [6.45, 7) is 0. The third-order valence-electron chi connectivity index (χ3n) is 8.57. The molecule has 2 aromatic heterocycles. The lowest BCUT2D eigenvalue weighted by Gasteiger charge is -2.36. The SMILES string of the molecule is O=C(O)C(=NOC(C(=O)OC(c1ccccc1)c1ccccc1)c1ccco1)c1csc(NC(c2ccccc2)(c2ccccc2)c2ccccc2)n1. The quantitative estimate of drug-likeness (QED) is 0.0494. The standard InChI is InChI=1S/C43H33N3O6S/c47-40(48)37(46-52-39(36-27-16-28-50-36)41(49)51-38(30-17-6-1-7-18-30)31-19-8-2-9-20-31)35-29-53-42(44-35)45-43(32-21-10-3-11-22-32,33-23-12-4-13-24-33)34-25-14-5-15-26-34/h1-29,38-39H,(H,44,45)(H,47,48). The molecule has 10 heteroatoms. The topological polar surface area (TPSA) is 123 Å². The van der Waals surface area contributed by atoms with E-state index in [2.05, 4.69) is 15.5 Å². The number of thiazole rings is 1. The lowest BCUT2D eigenvalue weighted by molar-refractivity contribution is -0.163. The van der Waals surface area contributed by atoms with Crippen LogP contribution in [0.1, 0.15) is 51.5 Å². The molecule has 2 N–H and O–H groups in total. The minimum atomic E-state index is -1.52. The largest absolute Gasteiger partial charge is 0.476 e. The molecule has 0 aliphatic carbocycles. The van der Waals surface area contributed by atoms with Crippen LogP contribution in [0.3, 0.4) is 0 Å².